The molecule has 0 aromatic heterocycles. The molecule has 0 bridgehead atoms. The summed E-state index contributed by atoms with van der Waals surface area (Å²) >= 11 is 0. The van der Waals surface area contributed by atoms with E-state index < -0.39 is 0 Å². The summed E-state index contributed by atoms with van der Waals surface area (Å²) in [4.78, 5) is 25.9. The normalized spacial score (nSPS) is 10.3. The number of hydrogen-bond acceptors (Lipinski definition) is 4. The van der Waals surface area contributed by atoms with Gasteiger partial charge in [-0.3, -0.25) is 9.59 Å². The number of carbonyl (C=O) groups is 2. The molecule has 0 aliphatic carbocycles. The first-order valence-corrected chi connectivity index (χ1v) is 8.95. The van der Waals surface area contributed by atoms with Gasteiger partial charge in [0.2, 0.25) is 5.91 Å². The summed E-state index contributed by atoms with van der Waals surface area (Å²) in [5, 5.41) is 5.99. The van der Waals surface area contributed by atoms with Gasteiger partial charge in [-0.15, -0.1) is 0 Å². The van der Waals surface area contributed by atoms with Crippen molar-refractivity contribution < 1.29 is 9.59 Å². The topological polar surface area (TPSA) is 61.4 Å². The Morgan fingerprint density at radius 2 is 1.77 bits per heavy atom. The fraction of sp³-hybridized carbons (Fsp3) is 0.333. The molecule has 0 radical (unpaired) electrons. The third-order valence-electron chi connectivity index (χ3n) is 4.33. The highest BCUT2D eigenvalue weighted by Crippen LogP contribution is 2.22. The van der Waals surface area contributed by atoms with Crippen LogP contribution in [-0.2, 0) is 4.79 Å². The molecule has 0 saturated carbocycles. The Morgan fingerprint density at radius 1 is 1.04 bits per heavy atom. The van der Waals surface area contributed by atoms with Crippen molar-refractivity contribution in [3.05, 3.63) is 53.6 Å². The third-order valence-corrected chi connectivity index (χ3v) is 4.33. The van der Waals surface area contributed by atoms with Crippen LogP contribution in [0.5, 0.6) is 0 Å². The predicted octanol–water partition coefficient (Wildman–Crippen LogP) is 4.09. The summed E-state index contributed by atoms with van der Waals surface area (Å²) in [5.74, 6) is -0.126. The van der Waals surface area contributed by atoms with Crippen LogP contribution in [0.15, 0.2) is 42.5 Å². The minimum atomic E-state index is -0.128. The minimum absolute atomic E-state index is 0.00187. The third kappa shape index (κ3) is 5.09. The van der Waals surface area contributed by atoms with Crippen LogP contribution in [0.1, 0.15) is 36.7 Å². The van der Waals surface area contributed by atoms with Gasteiger partial charge in [0.25, 0.3) is 0 Å². The summed E-state index contributed by atoms with van der Waals surface area (Å²) < 4.78 is 0. The van der Waals surface area contributed by atoms with E-state index in [1.807, 2.05) is 25.1 Å². The first-order valence-electron chi connectivity index (χ1n) is 8.95. The first-order chi connectivity index (χ1) is 12.4. The van der Waals surface area contributed by atoms with E-state index in [0.717, 1.165) is 35.7 Å². The first kappa shape index (κ1) is 19.5. The monoisotopic (exact) mass is 353 g/mol. The van der Waals surface area contributed by atoms with E-state index in [0.29, 0.717) is 5.56 Å². The summed E-state index contributed by atoms with van der Waals surface area (Å²) in [6.07, 6.45) is 0. The lowest BCUT2D eigenvalue weighted by molar-refractivity contribution is -0.114. The number of nitrogens with zero attached hydrogens (tertiary/aromatic N) is 1. The van der Waals surface area contributed by atoms with Gasteiger partial charge in [0.05, 0.1) is 6.54 Å². The lowest BCUT2D eigenvalue weighted by Crippen LogP contribution is -2.23. The highest BCUT2D eigenvalue weighted by Gasteiger charge is 2.08. The Morgan fingerprint density at radius 3 is 2.38 bits per heavy atom. The van der Waals surface area contributed by atoms with Crippen molar-refractivity contribution in [1.82, 2.24) is 0 Å². The smallest absolute Gasteiger partial charge is 0.243 e. The van der Waals surface area contributed by atoms with Crippen LogP contribution < -0.4 is 15.5 Å². The molecular formula is C21H27N3O2. The highest BCUT2D eigenvalue weighted by atomic mass is 16.2. The van der Waals surface area contributed by atoms with E-state index in [4.69, 9.17) is 0 Å². The quantitative estimate of drug-likeness (QED) is 0.702. The van der Waals surface area contributed by atoms with Gasteiger partial charge in [0.1, 0.15) is 0 Å². The predicted molar refractivity (Wildman–Crippen MR) is 108 cm³/mol. The van der Waals surface area contributed by atoms with E-state index >= 15 is 0 Å². The summed E-state index contributed by atoms with van der Waals surface area (Å²) in [5.41, 5.74) is 4.37. The molecule has 1 amide bonds. The number of hydrogen-bond donors (Lipinski definition) is 2. The van der Waals surface area contributed by atoms with E-state index in [1.54, 1.807) is 18.2 Å². The number of nitrogens with one attached hydrogen (secondary N) is 2. The molecule has 26 heavy (non-hydrogen) atoms. The van der Waals surface area contributed by atoms with Crippen molar-refractivity contribution in [2.24, 2.45) is 0 Å². The van der Waals surface area contributed by atoms with Crippen LogP contribution in [0.25, 0.3) is 0 Å². The van der Waals surface area contributed by atoms with Crippen LogP contribution in [0.4, 0.5) is 17.1 Å². The van der Waals surface area contributed by atoms with Crippen molar-refractivity contribution >= 4 is 28.8 Å². The van der Waals surface area contributed by atoms with E-state index in [1.165, 1.54) is 6.92 Å². The van der Waals surface area contributed by atoms with Crippen molar-refractivity contribution in [3.8, 4) is 0 Å². The zero-order valence-electron chi connectivity index (χ0n) is 15.9. The van der Waals surface area contributed by atoms with Crippen LogP contribution >= 0.6 is 0 Å². The molecule has 0 unspecified atom stereocenters. The molecule has 0 saturated heterocycles. The van der Waals surface area contributed by atoms with Crippen molar-refractivity contribution in [2.45, 2.75) is 27.7 Å². The average Bonchev–Trinajstić information content (AvgIpc) is 2.63. The van der Waals surface area contributed by atoms with Crippen molar-refractivity contribution in [3.63, 3.8) is 0 Å². The maximum Gasteiger partial charge on any atom is 0.243 e. The second kappa shape index (κ2) is 9.04. The average molecular weight is 353 g/mol. The zero-order chi connectivity index (χ0) is 19.1. The Bertz CT molecular complexity index is 783. The van der Waals surface area contributed by atoms with Crippen LogP contribution in [0.2, 0.25) is 0 Å². The molecule has 0 heterocycles. The number of ketones is 1. The van der Waals surface area contributed by atoms with E-state index in [2.05, 4.69) is 35.4 Å². The number of aryl methyl sites for hydroxylation is 1. The highest BCUT2D eigenvalue weighted by molar-refractivity contribution is 5.96. The molecule has 2 N–H and O–H groups in total. The minimum Gasteiger partial charge on any atom is -0.376 e. The maximum atomic E-state index is 12.2. The summed E-state index contributed by atoms with van der Waals surface area (Å²) in [6.45, 7) is 9.81. The molecule has 5 nitrogen and oxygen atoms in total. The van der Waals surface area contributed by atoms with Crippen LogP contribution in [-0.4, -0.2) is 31.3 Å². The Balaban J connectivity index is 1.97. The molecule has 0 aliphatic heterocycles. The lowest BCUT2D eigenvalue weighted by atomic mass is 10.1. The maximum absolute atomic E-state index is 12.2. The number of anilines is 3. The van der Waals surface area contributed by atoms with Gasteiger partial charge < -0.3 is 15.5 Å². The van der Waals surface area contributed by atoms with Gasteiger partial charge >= 0.3 is 0 Å². The van der Waals surface area contributed by atoms with E-state index in [9.17, 15) is 9.59 Å². The second-order valence-corrected chi connectivity index (χ2v) is 6.21. The second-order valence-electron chi connectivity index (χ2n) is 6.21. The molecule has 0 atom stereocenters. The standard InChI is InChI=1S/C21H27N3O2/c1-5-24(6-2)19-10-11-20(15(3)12-19)23-21(26)14-22-18-9-7-8-17(13-18)16(4)25/h7-13,22H,5-6,14H2,1-4H3,(H,23,26). The number of carbonyl (C=O) groups excluding carboxylic acids is 2. The molecule has 2 rings (SSSR count). The largest absolute Gasteiger partial charge is 0.376 e. The zero-order valence-corrected chi connectivity index (χ0v) is 15.9. The Kier molecular flexibility index (Phi) is 6.78. The molecular weight excluding hydrogens is 326 g/mol. The Labute approximate surface area is 155 Å². The van der Waals surface area contributed by atoms with Crippen LogP contribution in [0, 0.1) is 6.92 Å². The molecule has 0 aliphatic rings. The fourth-order valence-electron chi connectivity index (χ4n) is 2.80. The molecule has 2 aromatic rings. The van der Waals surface area contributed by atoms with Gasteiger partial charge in [0, 0.05) is 35.7 Å². The van der Waals surface area contributed by atoms with E-state index in [-0.39, 0.29) is 18.2 Å². The van der Waals surface area contributed by atoms with Crippen molar-refractivity contribution in [1.29, 1.82) is 0 Å². The van der Waals surface area contributed by atoms with Gasteiger partial charge in [-0.2, -0.15) is 0 Å². The van der Waals surface area contributed by atoms with Gasteiger partial charge in [-0.1, -0.05) is 12.1 Å². The van der Waals surface area contributed by atoms with Crippen molar-refractivity contribution in [2.75, 3.05) is 35.2 Å². The number of rotatable bonds is 8. The molecule has 138 valence electrons. The summed E-state index contributed by atoms with van der Waals surface area (Å²) in [6, 6.07) is 13.2. The Hall–Kier alpha value is -2.82. The lowest BCUT2D eigenvalue weighted by Gasteiger charge is -2.22. The number of amides is 1. The molecule has 0 spiro atoms. The molecule has 2 aromatic carbocycles. The molecule has 0 fully saturated rings. The van der Waals surface area contributed by atoms with Gasteiger partial charge in [-0.05, 0) is 63.6 Å². The van der Waals surface area contributed by atoms with Gasteiger partial charge in [0.15, 0.2) is 5.78 Å². The SMILES string of the molecule is CCN(CC)c1ccc(NC(=O)CNc2cccc(C(C)=O)c2)c(C)c1. The van der Waals surface area contributed by atoms with Gasteiger partial charge in [-0.25, -0.2) is 0 Å². The number of Topliss-reactive ketones (excluding diaryl/α,β-unsaturated/α-hetero) is 1. The fourth-order valence-corrected chi connectivity index (χ4v) is 2.80. The molecule has 5 heteroatoms. The summed E-state index contributed by atoms with van der Waals surface area (Å²) in [7, 11) is 0. The number of benzene rings is 2. The van der Waals surface area contributed by atoms with Crippen LogP contribution in [0.3, 0.4) is 0 Å².